The summed E-state index contributed by atoms with van der Waals surface area (Å²) in [7, 11) is 3.11. The van der Waals surface area contributed by atoms with Gasteiger partial charge in [0.2, 0.25) is 0 Å². The van der Waals surface area contributed by atoms with Crippen molar-refractivity contribution in [3.8, 4) is 35.4 Å². The Kier molecular flexibility index (Phi) is 11.7. The van der Waals surface area contributed by atoms with Crippen molar-refractivity contribution in [2.24, 2.45) is 0 Å². The minimum atomic E-state index is -0.789. The number of fused-ring (bicyclic) bond motifs is 5. The lowest BCUT2D eigenvalue weighted by Crippen LogP contribution is -2.56. The first-order valence-corrected chi connectivity index (χ1v) is 22.3. The largest absolute Gasteiger partial charge is 0.508 e. The second kappa shape index (κ2) is 16.9. The van der Waals surface area contributed by atoms with Crippen molar-refractivity contribution >= 4 is 61.1 Å². The highest BCUT2D eigenvalue weighted by atomic mass is 33.1. The van der Waals surface area contributed by atoms with Gasteiger partial charge in [-0.15, -0.1) is 6.42 Å². The SMILES string of the molecule is C#Cc1c(F)ccc2cc(O)cc(-c3ncc4c(N5CC6CCC(C5)N6C(=O)OCC(C)SSCCC(=O)OCC)nc(OCC56CCCN5CCC6)nc4c3F)c12. The standard InChI is InChI=1S/C42H46F2N6O6S2/c1-4-30-33(43)11-8-26-18-29(51)19-31(35(26)30)37-36(44)38-32(20-45-37)39(47-40(46-38)56-24-42-13-6-15-49(42)16-7-14-42)48-21-27-9-10-28(22-48)50(27)41(53)55-23-25(3)58-57-17-12-34(52)54-5-2/h1,8,11,18-20,25,27-28,51H,5-7,9-10,12-17,21-24H2,2-3H3. The van der Waals surface area contributed by atoms with Gasteiger partial charge >= 0.3 is 18.1 Å². The normalized spacial score (nSPS) is 20.3. The van der Waals surface area contributed by atoms with Gasteiger partial charge in [-0.2, -0.15) is 9.97 Å². The van der Waals surface area contributed by atoms with E-state index in [0.717, 1.165) is 51.6 Å². The van der Waals surface area contributed by atoms with Gasteiger partial charge in [-0.25, -0.2) is 13.6 Å². The van der Waals surface area contributed by atoms with E-state index in [4.69, 9.17) is 25.6 Å². The predicted molar refractivity (Wildman–Crippen MR) is 221 cm³/mol. The summed E-state index contributed by atoms with van der Waals surface area (Å²) in [5.41, 5.74) is -0.237. The molecule has 4 aliphatic rings. The number of hydrogen-bond donors (Lipinski definition) is 1. The highest BCUT2D eigenvalue weighted by Crippen LogP contribution is 2.42. The molecule has 0 radical (unpaired) electrons. The molecule has 0 spiro atoms. The molecular weight excluding hydrogens is 787 g/mol. The summed E-state index contributed by atoms with van der Waals surface area (Å²) in [6, 6.07) is 5.16. The first-order chi connectivity index (χ1) is 28.1. The van der Waals surface area contributed by atoms with Crippen LogP contribution in [0.3, 0.4) is 0 Å². The number of hydrogen-bond acceptors (Lipinski definition) is 13. The van der Waals surface area contributed by atoms with Crippen molar-refractivity contribution in [3.05, 3.63) is 47.7 Å². The van der Waals surface area contributed by atoms with E-state index in [1.165, 1.54) is 30.5 Å². The third kappa shape index (κ3) is 7.80. The minimum Gasteiger partial charge on any atom is -0.508 e. The predicted octanol–water partition coefficient (Wildman–Crippen LogP) is 7.33. The number of phenols is 1. The van der Waals surface area contributed by atoms with Gasteiger partial charge in [-0.1, -0.05) is 33.6 Å². The number of terminal acetylenes is 1. The van der Waals surface area contributed by atoms with Gasteiger partial charge in [0.1, 0.15) is 41.8 Å². The quantitative estimate of drug-likeness (QED) is 0.0625. The maximum absolute atomic E-state index is 17.1. The highest BCUT2D eigenvalue weighted by Gasteiger charge is 2.46. The second-order valence-corrected chi connectivity index (χ2v) is 18.4. The molecular formula is C42H46F2N6O6S2. The van der Waals surface area contributed by atoms with E-state index in [1.54, 1.807) is 28.5 Å². The number of halogens is 2. The third-order valence-corrected chi connectivity index (χ3v) is 14.6. The fraction of sp³-hybridized carbons (Fsp3) is 0.500. The molecule has 3 unspecified atom stereocenters. The van der Waals surface area contributed by atoms with E-state index >= 15 is 4.39 Å². The molecule has 1 amide bonds. The third-order valence-electron chi connectivity index (χ3n) is 11.7. The van der Waals surface area contributed by atoms with E-state index in [1.807, 2.05) is 16.7 Å². The van der Waals surface area contributed by atoms with Crippen molar-refractivity contribution in [2.45, 2.75) is 81.7 Å². The van der Waals surface area contributed by atoms with Gasteiger partial charge in [-0.05, 0) is 89.0 Å². The highest BCUT2D eigenvalue weighted by molar-refractivity contribution is 8.76. The van der Waals surface area contributed by atoms with E-state index in [2.05, 4.69) is 20.8 Å². The number of aromatic hydroxyl groups is 1. The van der Waals surface area contributed by atoms with Crippen LogP contribution in [0.2, 0.25) is 0 Å². The van der Waals surface area contributed by atoms with Crippen LogP contribution in [-0.4, -0.2) is 117 Å². The number of pyridine rings is 1. The lowest BCUT2D eigenvalue weighted by atomic mass is 9.95. The molecule has 16 heteroatoms. The number of aromatic nitrogens is 3. The van der Waals surface area contributed by atoms with Crippen LogP contribution in [0, 0.1) is 24.0 Å². The molecule has 3 atom stereocenters. The molecule has 4 saturated heterocycles. The first kappa shape index (κ1) is 40.2. The number of amides is 1. The molecule has 0 saturated carbocycles. The zero-order chi connectivity index (χ0) is 40.6. The lowest BCUT2D eigenvalue weighted by Gasteiger charge is -2.41. The van der Waals surface area contributed by atoms with Crippen molar-refractivity contribution in [1.29, 1.82) is 0 Å². The minimum absolute atomic E-state index is 0.0169. The van der Waals surface area contributed by atoms with Crippen molar-refractivity contribution in [3.63, 3.8) is 0 Å². The summed E-state index contributed by atoms with van der Waals surface area (Å²) < 4.78 is 49.3. The van der Waals surface area contributed by atoms with Crippen LogP contribution in [0.15, 0.2) is 30.5 Å². The summed E-state index contributed by atoms with van der Waals surface area (Å²) in [4.78, 5) is 45.6. The number of phenolic OH excluding ortho intramolecular Hbond substituents is 1. The molecule has 4 aromatic rings. The number of piperazine rings is 1. The smallest absolute Gasteiger partial charge is 0.410 e. The van der Waals surface area contributed by atoms with Gasteiger partial charge in [0.15, 0.2) is 5.82 Å². The number of carbonyl (C=O) groups excluding carboxylic acids is 2. The topological polar surface area (TPSA) is 130 Å². The summed E-state index contributed by atoms with van der Waals surface area (Å²) in [5, 5.41) is 11.7. The van der Waals surface area contributed by atoms with E-state index in [9.17, 15) is 19.1 Å². The maximum Gasteiger partial charge on any atom is 0.410 e. The zero-order valence-electron chi connectivity index (χ0n) is 32.5. The average Bonchev–Trinajstić information content (AvgIpc) is 3.88. The number of rotatable bonds is 13. The Labute approximate surface area is 343 Å². The fourth-order valence-corrected chi connectivity index (χ4v) is 11.2. The number of esters is 1. The van der Waals surface area contributed by atoms with Crippen molar-refractivity contribution in [1.82, 2.24) is 24.8 Å². The number of carbonyl (C=O) groups is 2. The molecule has 12 nitrogen and oxygen atoms in total. The summed E-state index contributed by atoms with van der Waals surface area (Å²) in [6.07, 6.45) is 12.9. The number of anilines is 1. The molecule has 8 rings (SSSR count). The van der Waals surface area contributed by atoms with Crippen molar-refractivity contribution in [2.75, 3.05) is 56.7 Å². The molecule has 2 bridgehead atoms. The Bertz CT molecular complexity index is 2250. The maximum atomic E-state index is 17.1. The van der Waals surface area contributed by atoms with Gasteiger partial charge < -0.3 is 24.2 Å². The molecule has 2 aromatic carbocycles. The van der Waals surface area contributed by atoms with E-state index < -0.39 is 11.6 Å². The summed E-state index contributed by atoms with van der Waals surface area (Å²) in [6.45, 7) is 7.58. The molecule has 2 aromatic heterocycles. The Balaban J connectivity index is 1.07. The van der Waals surface area contributed by atoms with Crippen LogP contribution in [0.1, 0.15) is 64.4 Å². The second-order valence-electron chi connectivity index (χ2n) is 15.4. The van der Waals surface area contributed by atoms with Gasteiger partial charge in [0, 0.05) is 41.2 Å². The van der Waals surface area contributed by atoms with Crippen LogP contribution in [0.5, 0.6) is 11.8 Å². The van der Waals surface area contributed by atoms with Gasteiger partial charge in [-0.3, -0.25) is 19.6 Å². The molecule has 306 valence electrons. The molecule has 1 N–H and O–H groups in total. The molecule has 6 heterocycles. The summed E-state index contributed by atoms with van der Waals surface area (Å²) in [5.74, 6) is 1.61. The number of benzene rings is 2. The van der Waals surface area contributed by atoms with Crippen LogP contribution >= 0.6 is 21.6 Å². The van der Waals surface area contributed by atoms with Crippen LogP contribution in [0.25, 0.3) is 32.9 Å². The Hall–Kier alpha value is -4.59. The van der Waals surface area contributed by atoms with Crippen molar-refractivity contribution < 1.29 is 37.7 Å². The van der Waals surface area contributed by atoms with Gasteiger partial charge in [0.25, 0.3) is 0 Å². The van der Waals surface area contributed by atoms with Crippen LogP contribution in [0.4, 0.5) is 19.4 Å². The lowest BCUT2D eigenvalue weighted by molar-refractivity contribution is -0.142. The molecule has 0 aliphatic carbocycles. The zero-order valence-corrected chi connectivity index (χ0v) is 34.2. The summed E-state index contributed by atoms with van der Waals surface area (Å²) >= 11 is 0. The van der Waals surface area contributed by atoms with Crippen LogP contribution < -0.4 is 9.64 Å². The molecule has 58 heavy (non-hydrogen) atoms. The monoisotopic (exact) mass is 832 g/mol. The van der Waals surface area contributed by atoms with E-state index in [-0.39, 0.29) is 81.0 Å². The molecule has 4 fully saturated rings. The Morgan fingerprint density at radius 1 is 1.10 bits per heavy atom. The number of ether oxygens (including phenoxy) is 3. The molecule has 4 aliphatic heterocycles. The average molecular weight is 833 g/mol. The Morgan fingerprint density at radius 2 is 1.86 bits per heavy atom. The van der Waals surface area contributed by atoms with Gasteiger partial charge in [0.05, 0.1) is 41.6 Å². The van der Waals surface area contributed by atoms with Crippen LogP contribution in [-0.2, 0) is 14.3 Å². The first-order valence-electron chi connectivity index (χ1n) is 19.9. The fourth-order valence-electron chi connectivity index (χ4n) is 9.12. The Morgan fingerprint density at radius 3 is 2.59 bits per heavy atom. The van der Waals surface area contributed by atoms with E-state index in [0.29, 0.717) is 55.1 Å². The number of nitrogens with zero attached hydrogens (tertiary/aromatic N) is 6.